The van der Waals surface area contributed by atoms with Gasteiger partial charge >= 0.3 is 0 Å². The zero-order valence-electron chi connectivity index (χ0n) is 10.8. The van der Waals surface area contributed by atoms with Gasteiger partial charge < -0.3 is 14.2 Å². The topological polar surface area (TPSA) is 75.2 Å². The minimum Gasteiger partial charge on any atom is -0.367 e. The highest BCUT2D eigenvalue weighted by molar-refractivity contribution is 4.95. The summed E-state index contributed by atoms with van der Waals surface area (Å²) in [5.74, 6) is 1.43. The standard InChI is InChI=1S/C12H18N4O2/c1-9(3-4-13)7-11-14-12(15-18-11)10-8-16(2)5-6-17-10/h9-10H,3,5-8H2,1-2H3. The quantitative estimate of drug-likeness (QED) is 0.798. The number of rotatable bonds is 4. The third-order valence-corrected chi connectivity index (χ3v) is 3.00. The highest BCUT2D eigenvalue weighted by Crippen LogP contribution is 2.19. The van der Waals surface area contributed by atoms with Gasteiger partial charge in [0.1, 0.15) is 6.10 Å². The Bertz CT molecular complexity index is 426. The van der Waals surface area contributed by atoms with Crippen LogP contribution in [0.25, 0.3) is 0 Å². The summed E-state index contributed by atoms with van der Waals surface area (Å²) in [7, 11) is 2.05. The molecule has 1 saturated heterocycles. The van der Waals surface area contributed by atoms with Gasteiger partial charge in [0.2, 0.25) is 11.7 Å². The highest BCUT2D eigenvalue weighted by Gasteiger charge is 2.24. The average Bonchev–Trinajstić information content (AvgIpc) is 2.78. The second-order valence-corrected chi connectivity index (χ2v) is 4.84. The third kappa shape index (κ3) is 3.28. The fourth-order valence-corrected chi connectivity index (χ4v) is 1.94. The maximum absolute atomic E-state index is 8.61. The average molecular weight is 250 g/mol. The Hall–Kier alpha value is -1.45. The van der Waals surface area contributed by atoms with Crippen molar-refractivity contribution >= 4 is 0 Å². The molecule has 2 rings (SSSR count). The molecule has 0 spiro atoms. The Balaban J connectivity index is 1.95. The van der Waals surface area contributed by atoms with Crippen LogP contribution in [0.1, 0.15) is 31.2 Å². The number of nitriles is 1. The summed E-state index contributed by atoms with van der Waals surface area (Å²) in [6.07, 6.45) is 1.04. The Morgan fingerprint density at radius 2 is 2.44 bits per heavy atom. The molecule has 0 aliphatic carbocycles. The van der Waals surface area contributed by atoms with Crippen molar-refractivity contribution < 1.29 is 9.26 Å². The van der Waals surface area contributed by atoms with Gasteiger partial charge in [-0.3, -0.25) is 0 Å². The second-order valence-electron chi connectivity index (χ2n) is 4.84. The lowest BCUT2D eigenvalue weighted by Crippen LogP contribution is -2.35. The van der Waals surface area contributed by atoms with Gasteiger partial charge in [0.15, 0.2) is 0 Å². The Labute approximate surface area is 107 Å². The summed E-state index contributed by atoms with van der Waals surface area (Å²) in [6, 6.07) is 2.14. The van der Waals surface area contributed by atoms with Crippen LogP contribution in [-0.2, 0) is 11.2 Å². The summed E-state index contributed by atoms with van der Waals surface area (Å²) in [4.78, 5) is 6.53. The number of nitrogens with zero attached hydrogens (tertiary/aromatic N) is 4. The largest absolute Gasteiger partial charge is 0.367 e. The molecule has 0 bridgehead atoms. The molecule has 0 radical (unpaired) electrons. The molecule has 2 heterocycles. The van der Waals surface area contributed by atoms with E-state index in [1.165, 1.54) is 0 Å². The summed E-state index contributed by atoms with van der Waals surface area (Å²) >= 11 is 0. The molecule has 18 heavy (non-hydrogen) atoms. The first kappa shape index (κ1) is 13.0. The first-order valence-electron chi connectivity index (χ1n) is 6.18. The number of hydrogen-bond acceptors (Lipinski definition) is 6. The van der Waals surface area contributed by atoms with E-state index in [2.05, 4.69) is 21.1 Å². The summed E-state index contributed by atoms with van der Waals surface area (Å²) in [5, 5.41) is 12.6. The molecule has 0 aromatic carbocycles. The number of likely N-dealkylation sites (N-methyl/N-ethyl adjacent to an activating group) is 1. The number of morpholine rings is 1. The van der Waals surface area contributed by atoms with Gasteiger partial charge in [-0.25, -0.2) is 0 Å². The first-order chi connectivity index (χ1) is 8.69. The van der Waals surface area contributed by atoms with Gasteiger partial charge in [-0.05, 0) is 13.0 Å². The normalized spacial score (nSPS) is 22.6. The van der Waals surface area contributed by atoms with Crippen molar-refractivity contribution in [3.63, 3.8) is 0 Å². The molecule has 1 fully saturated rings. The van der Waals surface area contributed by atoms with E-state index in [0.29, 0.717) is 31.2 Å². The highest BCUT2D eigenvalue weighted by atomic mass is 16.5. The molecule has 1 aromatic heterocycles. The van der Waals surface area contributed by atoms with Crippen LogP contribution in [-0.4, -0.2) is 41.8 Å². The Morgan fingerprint density at radius 3 is 3.17 bits per heavy atom. The SMILES string of the molecule is CC(CC#N)Cc1nc(C2CN(C)CCO2)no1. The van der Waals surface area contributed by atoms with E-state index in [0.717, 1.165) is 13.1 Å². The van der Waals surface area contributed by atoms with Crippen molar-refractivity contribution in [1.82, 2.24) is 15.0 Å². The Morgan fingerprint density at radius 1 is 1.61 bits per heavy atom. The predicted molar refractivity (Wildman–Crippen MR) is 63.6 cm³/mol. The van der Waals surface area contributed by atoms with E-state index in [9.17, 15) is 0 Å². The van der Waals surface area contributed by atoms with Gasteiger partial charge in [-0.15, -0.1) is 0 Å². The van der Waals surface area contributed by atoms with E-state index >= 15 is 0 Å². The van der Waals surface area contributed by atoms with Crippen LogP contribution in [0.2, 0.25) is 0 Å². The lowest BCUT2D eigenvalue weighted by molar-refractivity contribution is -0.0264. The number of aromatic nitrogens is 2. The fourth-order valence-electron chi connectivity index (χ4n) is 1.94. The van der Waals surface area contributed by atoms with Crippen molar-refractivity contribution in [2.24, 2.45) is 5.92 Å². The number of ether oxygens (including phenoxy) is 1. The van der Waals surface area contributed by atoms with Gasteiger partial charge in [-0.1, -0.05) is 12.1 Å². The maximum atomic E-state index is 8.61. The lowest BCUT2D eigenvalue weighted by Gasteiger charge is -2.27. The molecule has 0 N–H and O–H groups in total. The van der Waals surface area contributed by atoms with Crippen LogP contribution in [0.4, 0.5) is 0 Å². The van der Waals surface area contributed by atoms with Crippen molar-refractivity contribution in [3.8, 4) is 6.07 Å². The van der Waals surface area contributed by atoms with Crippen molar-refractivity contribution in [2.75, 3.05) is 26.7 Å². The zero-order chi connectivity index (χ0) is 13.0. The lowest BCUT2D eigenvalue weighted by atomic mass is 10.1. The molecule has 98 valence electrons. The molecule has 2 atom stereocenters. The van der Waals surface area contributed by atoms with E-state index in [1.54, 1.807) is 0 Å². The van der Waals surface area contributed by atoms with Crippen LogP contribution in [0.5, 0.6) is 0 Å². The van der Waals surface area contributed by atoms with Crippen molar-refractivity contribution in [2.45, 2.75) is 25.9 Å². The van der Waals surface area contributed by atoms with Crippen molar-refractivity contribution in [1.29, 1.82) is 5.26 Å². The van der Waals surface area contributed by atoms with E-state index < -0.39 is 0 Å². The fraction of sp³-hybridized carbons (Fsp3) is 0.750. The minimum atomic E-state index is -0.104. The first-order valence-corrected chi connectivity index (χ1v) is 6.18. The monoisotopic (exact) mass is 250 g/mol. The van der Waals surface area contributed by atoms with Gasteiger partial charge in [0, 0.05) is 25.9 Å². The summed E-state index contributed by atoms with van der Waals surface area (Å²) < 4.78 is 10.8. The Kier molecular flexibility index (Phi) is 4.28. The minimum absolute atomic E-state index is 0.104. The predicted octanol–water partition coefficient (Wildman–Crippen LogP) is 1.16. The van der Waals surface area contributed by atoms with Crippen LogP contribution in [0.15, 0.2) is 4.52 Å². The van der Waals surface area contributed by atoms with Crippen LogP contribution < -0.4 is 0 Å². The van der Waals surface area contributed by atoms with Crippen molar-refractivity contribution in [3.05, 3.63) is 11.7 Å². The van der Waals surface area contributed by atoms with Crippen LogP contribution in [0.3, 0.4) is 0 Å². The molecule has 1 aliphatic heterocycles. The van der Waals surface area contributed by atoms with E-state index in [1.807, 2.05) is 14.0 Å². The molecule has 0 amide bonds. The smallest absolute Gasteiger partial charge is 0.227 e. The van der Waals surface area contributed by atoms with Crippen LogP contribution >= 0.6 is 0 Å². The van der Waals surface area contributed by atoms with E-state index in [4.69, 9.17) is 14.5 Å². The van der Waals surface area contributed by atoms with Crippen LogP contribution in [0, 0.1) is 17.2 Å². The molecule has 6 nitrogen and oxygen atoms in total. The van der Waals surface area contributed by atoms with E-state index in [-0.39, 0.29) is 12.0 Å². The van der Waals surface area contributed by atoms with Gasteiger partial charge in [0.05, 0.1) is 12.7 Å². The van der Waals surface area contributed by atoms with Gasteiger partial charge in [0.25, 0.3) is 0 Å². The molecule has 6 heteroatoms. The molecular weight excluding hydrogens is 232 g/mol. The van der Waals surface area contributed by atoms with Gasteiger partial charge in [-0.2, -0.15) is 10.2 Å². The molecule has 1 aromatic rings. The second kappa shape index (κ2) is 5.94. The summed E-state index contributed by atoms with van der Waals surface area (Å²) in [6.45, 7) is 4.40. The maximum Gasteiger partial charge on any atom is 0.227 e. The molecule has 1 aliphatic rings. The third-order valence-electron chi connectivity index (χ3n) is 3.00. The molecule has 2 unspecified atom stereocenters. The molecule has 0 saturated carbocycles. The number of hydrogen-bond donors (Lipinski definition) is 0. The molecular formula is C12H18N4O2. The summed E-state index contributed by atoms with van der Waals surface area (Å²) in [5.41, 5.74) is 0. The zero-order valence-corrected chi connectivity index (χ0v) is 10.8.